The van der Waals surface area contributed by atoms with Gasteiger partial charge in [-0.2, -0.15) is 0 Å². The molecule has 0 heterocycles. The SMILES string of the molecule is CCOC1CC(N)(C(=O)Nc2c(Cl)cccc2Cl)C1(C)C. The van der Waals surface area contributed by atoms with Gasteiger partial charge in [0, 0.05) is 18.4 Å². The van der Waals surface area contributed by atoms with Crippen molar-refractivity contribution >= 4 is 34.8 Å². The Morgan fingerprint density at radius 2 is 2.00 bits per heavy atom. The second-order valence-electron chi connectivity index (χ2n) is 5.89. The molecule has 4 nitrogen and oxygen atoms in total. The number of benzene rings is 1. The van der Waals surface area contributed by atoms with Crippen LogP contribution in [0.15, 0.2) is 18.2 Å². The van der Waals surface area contributed by atoms with Crippen LogP contribution >= 0.6 is 23.2 Å². The molecule has 1 aliphatic carbocycles. The van der Waals surface area contributed by atoms with Gasteiger partial charge in [0.25, 0.3) is 0 Å². The predicted octanol–water partition coefficient (Wildman–Crippen LogP) is 3.46. The summed E-state index contributed by atoms with van der Waals surface area (Å²) in [4.78, 5) is 12.6. The van der Waals surface area contributed by atoms with Crippen molar-refractivity contribution in [3.8, 4) is 0 Å². The van der Waals surface area contributed by atoms with Crippen LogP contribution < -0.4 is 11.1 Å². The monoisotopic (exact) mass is 330 g/mol. The number of halogens is 2. The quantitative estimate of drug-likeness (QED) is 0.888. The zero-order valence-corrected chi connectivity index (χ0v) is 13.9. The molecule has 0 aromatic heterocycles. The molecule has 3 N–H and O–H groups in total. The average Bonchev–Trinajstić information content (AvgIpc) is 2.42. The van der Waals surface area contributed by atoms with Gasteiger partial charge in [0.1, 0.15) is 5.54 Å². The molecule has 1 amide bonds. The van der Waals surface area contributed by atoms with Crippen molar-refractivity contribution in [3.63, 3.8) is 0 Å². The van der Waals surface area contributed by atoms with Gasteiger partial charge in [-0.15, -0.1) is 0 Å². The van der Waals surface area contributed by atoms with E-state index in [0.717, 1.165) is 0 Å². The van der Waals surface area contributed by atoms with Gasteiger partial charge in [-0.3, -0.25) is 4.79 Å². The largest absolute Gasteiger partial charge is 0.378 e. The lowest BCUT2D eigenvalue weighted by atomic mass is 9.54. The zero-order chi connectivity index (χ0) is 15.8. The van der Waals surface area contributed by atoms with Crippen LogP contribution in [0.25, 0.3) is 0 Å². The first-order valence-corrected chi connectivity index (χ1v) is 7.65. The number of hydrogen-bond donors (Lipinski definition) is 2. The summed E-state index contributed by atoms with van der Waals surface area (Å²) in [7, 11) is 0. The summed E-state index contributed by atoms with van der Waals surface area (Å²) in [6.07, 6.45) is 0.446. The first-order valence-electron chi connectivity index (χ1n) is 6.90. The lowest BCUT2D eigenvalue weighted by Crippen LogP contribution is -2.74. The summed E-state index contributed by atoms with van der Waals surface area (Å²) in [5.41, 5.74) is 5.25. The Kier molecular flexibility index (Phi) is 4.54. The predicted molar refractivity (Wildman–Crippen MR) is 85.8 cm³/mol. The van der Waals surface area contributed by atoms with Crippen LogP contribution in [0.5, 0.6) is 0 Å². The molecule has 2 unspecified atom stereocenters. The summed E-state index contributed by atoms with van der Waals surface area (Å²) in [6, 6.07) is 5.05. The normalized spacial score (nSPS) is 27.0. The van der Waals surface area contributed by atoms with E-state index in [0.29, 0.717) is 28.8 Å². The van der Waals surface area contributed by atoms with Gasteiger partial charge in [0.2, 0.25) is 5.91 Å². The number of hydrogen-bond acceptors (Lipinski definition) is 3. The first kappa shape index (κ1) is 16.6. The molecular weight excluding hydrogens is 311 g/mol. The Balaban J connectivity index is 2.18. The van der Waals surface area contributed by atoms with Crippen LogP contribution in [0, 0.1) is 5.41 Å². The molecule has 1 fully saturated rings. The third-order valence-electron chi connectivity index (χ3n) is 4.44. The van der Waals surface area contributed by atoms with Crippen molar-refractivity contribution in [1.29, 1.82) is 0 Å². The van der Waals surface area contributed by atoms with E-state index in [2.05, 4.69) is 5.32 Å². The van der Waals surface area contributed by atoms with Crippen LogP contribution in [-0.4, -0.2) is 24.2 Å². The van der Waals surface area contributed by atoms with E-state index >= 15 is 0 Å². The molecule has 1 saturated carbocycles. The molecule has 21 heavy (non-hydrogen) atoms. The molecule has 6 heteroatoms. The Morgan fingerprint density at radius 3 is 2.48 bits per heavy atom. The van der Waals surface area contributed by atoms with Crippen LogP contribution in [0.1, 0.15) is 27.2 Å². The number of nitrogens with two attached hydrogens (primary N) is 1. The topological polar surface area (TPSA) is 64.3 Å². The van der Waals surface area contributed by atoms with Gasteiger partial charge in [0.05, 0.1) is 21.8 Å². The molecule has 1 aliphatic rings. The minimum Gasteiger partial charge on any atom is -0.378 e. The van der Waals surface area contributed by atoms with Gasteiger partial charge in [-0.25, -0.2) is 0 Å². The highest BCUT2D eigenvalue weighted by Crippen LogP contribution is 2.50. The summed E-state index contributed by atoms with van der Waals surface area (Å²) in [6.45, 7) is 6.40. The van der Waals surface area contributed by atoms with Gasteiger partial charge in [0.15, 0.2) is 0 Å². The van der Waals surface area contributed by atoms with Gasteiger partial charge in [-0.05, 0) is 19.1 Å². The molecule has 0 bridgehead atoms. The van der Waals surface area contributed by atoms with Crippen molar-refractivity contribution < 1.29 is 9.53 Å². The van der Waals surface area contributed by atoms with E-state index in [-0.39, 0.29) is 12.0 Å². The van der Waals surface area contributed by atoms with Gasteiger partial charge < -0.3 is 15.8 Å². The fourth-order valence-electron chi connectivity index (χ4n) is 2.66. The third-order valence-corrected chi connectivity index (χ3v) is 5.07. The maximum absolute atomic E-state index is 12.6. The van der Waals surface area contributed by atoms with Gasteiger partial charge in [-0.1, -0.05) is 43.1 Å². The standard InChI is InChI=1S/C15H20Cl2N2O2/c1-4-21-11-8-15(18,14(11,2)3)13(20)19-12-9(16)6-5-7-10(12)17/h5-7,11H,4,8,18H2,1-3H3,(H,19,20). The number of carbonyl (C=O) groups is 1. The molecule has 0 spiro atoms. The van der Waals surface area contributed by atoms with Crippen molar-refractivity contribution in [2.24, 2.45) is 11.1 Å². The molecule has 2 rings (SSSR count). The zero-order valence-electron chi connectivity index (χ0n) is 12.4. The molecular formula is C15H20Cl2N2O2. The molecule has 0 saturated heterocycles. The smallest absolute Gasteiger partial charge is 0.245 e. The molecule has 1 aromatic rings. The first-order chi connectivity index (χ1) is 9.74. The number of carbonyl (C=O) groups excluding carboxylic acids is 1. The lowest BCUT2D eigenvalue weighted by molar-refractivity contribution is -0.166. The third kappa shape index (κ3) is 2.66. The van der Waals surface area contributed by atoms with Crippen molar-refractivity contribution in [2.45, 2.75) is 38.8 Å². The van der Waals surface area contributed by atoms with Crippen LogP contribution in [0.4, 0.5) is 5.69 Å². The Bertz CT molecular complexity index is 542. The Hall–Kier alpha value is -0.810. The fourth-order valence-corrected chi connectivity index (χ4v) is 3.15. The van der Waals surface area contributed by atoms with E-state index < -0.39 is 11.0 Å². The number of anilines is 1. The van der Waals surface area contributed by atoms with Crippen molar-refractivity contribution in [2.75, 3.05) is 11.9 Å². The van der Waals surface area contributed by atoms with Crippen LogP contribution in [0.3, 0.4) is 0 Å². The number of amides is 1. The molecule has 116 valence electrons. The Labute approximate surface area is 134 Å². The molecule has 0 aliphatic heterocycles. The summed E-state index contributed by atoms with van der Waals surface area (Å²) in [5.74, 6) is -0.293. The number of para-hydroxylation sites is 1. The van der Waals surface area contributed by atoms with Gasteiger partial charge >= 0.3 is 0 Å². The lowest BCUT2D eigenvalue weighted by Gasteiger charge is -2.57. The summed E-state index contributed by atoms with van der Waals surface area (Å²) < 4.78 is 5.62. The number of ether oxygens (including phenoxy) is 1. The fraction of sp³-hybridized carbons (Fsp3) is 0.533. The van der Waals surface area contributed by atoms with E-state index in [9.17, 15) is 4.79 Å². The highest BCUT2D eigenvalue weighted by molar-refractivity contribution is 6.39. The van der Waals surface area contributed by atoms with E-state index in [1.54, 1.807) is 18.2 Å². The highest BCUT2D eigenvalue weighted by Gasteiger charge is 2.62. The van der Waals surface area contributed by atoms with E-state index in [4.69, 9.17) is 33.7 Å². The Morgan fingerprint density at radius 1 is 1.43 bits per heavy atom. The maximum Gasteiger partial charge on any atom is 0.245 e. The van der Waals surface area contributed by atoms with Crippen LogP contribution in [0.2, 0.25) is 10.0 Å². The van der Waals surface area contributed by atoms with Crippen LogP contribution in [-0.2, 0) is 9.53 Å². The number of nitrogens with one attached hydrogen (secondary N) is 1. The minimum absolute atomic E-state index is 0.0278. The maximum atomic E-state index is 12.6. The van der Waals surface area contributed by atoms with E-state index in [1.165, 1.54) is 0 Å². The van der Waals surface area contributed by atoms with Crippen molar-refractivity contribution in [3.05, 3.63) is 28.2 Å². The molecule has 2 atom stereocenters. The second kappa shape index (κ2) is 5.76. The molecule has 0 radical (unpaired) electrons. The van der Waals surface area contributed by atoms with E-state index in [1.807, 2.05) is 20.8 Å². The highest BCUT2D eigenvalue weighted by atomic mass is 35.5. The summed E-state index contributed by atoms with van der Waals surface area (Å²) >= 11 is 12.1. The minimum atomic E-state index is -1.00. The second-order valence-corrected chi connectivity index (χ2v) is 6.71. The number of rotatable bonds is 4. The molecule has 1 aromatic carbocycles. The van der Waals surface area contributed by atoms with Crippen molar-refractivity contribution in [1.82, 2.24) is 0 Å². The summed E-state index contributed by atoms with van der Waals surface area (Å²) in [5, 5.41) is 3.53. The average molecular weight is 331 g/mol.